The summed E-state index contributed by atoms with van der Waals surface area (Å²) in [6.07, 6.45) is 10.6. The molecule has 1 N–H and O–H groups in total. The highest BCUT2D eigenvalue weighted by Gasteiger charge is 2.23. The lowest BCUT2D eigenvalue weighted by atomic mass is 9.85. The van der Waals surface area contributed by atoms with Gasteiger partial charge in [0.15, 0.2) is 0 Å². The molecular weight excluding hydrogens is 220 g/mol. The number of rotatable bonds is 3. The molecule has 1 aliphatic rings. The number of nitrogens with one attached hydrogen (secondary N) is 1. The van der Waals surface area contributed by atoms with E-state index in [9.17, 15) is 0 Å². The highest BCUT2D eigenvalue weighted by atomic mass is 14.9. The first-order valence-corrected chi connectivity index (χ1v) is 7.20. The van der Waals surface area contributed by atoms with Gasteiger partial charge in [-0.3, -0.25) is 4.98 Å². The van der Waals surface area contributed by atoms with Gasteiger partial charge < -0.3 is 5.32 Å². The fourth-order valence-corrected chi connectivity index (χ4v) is 2.80. The van der Waals surface area contributed by atoms with Gasteiger partial charge in [0.05, 0.1) is 0 Å². The lowest BCUT2D eigenvalue weighted by molar-refractivity contribution is 0.309. The molecule has 0 amide bonds. The van der Waals surface area contributed by atoms with Crippen LogP contribution in [0.15, 0.2) is 18.5 Å². The maximum Gasteiger partial charge on any atom is 0.0315 e. The second kappa shape index (κ2) is 5.83. The largest absolute Gasteiger partial charge is 0.310 e. The Bertz CT molecular complexity index is 384. The van der Waals surface area contributed by atoms with Crippen molar-refractivity contribution in [3.05, 3.63) is 29.6 Å². The van der Waals surface area contributed by atoms with E-state index in [0.717, 1.165) is 6.54 Å². The van der Waals surface area contributed by atoms with Gasteiger partial charge in [-0.25, -0.2) is 0 Å². The van der Waals surface area contributed by atoms with Gasteiger partial charge in [-0.15, -0.1) is 0 Å². The van der Waals surface area contributed by atoms with E-state index in [2.05, 4.69) is 37.1 Å². The van der Waals surface area contributed by atoms with Crippen LogP contribution >= 0.6 is 0 Å². The normalized spacial score (nSPS) is 23.6. The van der Waals surface area contributed by atoms with Crippen molar-refractivity contribution >= 4 is 0 Å². The summed E-state index contributed by atoms with van der Waals surface area (Å²) in [6.45, 7) is 7.93. The van der Waals surface area contributed by atoms with Crippen LogP contribution in [-0.2, 0) is 6.54 Å². The molecule has 18 heavy (non-hydrogen) atoms. The van der Waals surface area contributed by atoms with Gasteiger partial charge in [0.25, 0.3) is 0 Å². The van der Waals surface area contributed by atoms with Gasteiger partial charge in [-0.1, -0.05) is 20.3 Å². The summed E-state index contributed by atoms with van der Waals surface area (Å²) in [4.78, 5) is 4.21. The fourth-order valence-electron chi connectivity index (χ4n) is 2.80. The Morgan fingerprint density at radius 1 is 1.33 bits per heavy atom. The van der Waals surface area contributed by atoms with Crippen molar-refractivity contribution < 1.29 is 0 Å². The van der Waals surface area contributed by atoms with Gasteiger partial charge in [-0.2, -0.15) is 0 Å². The zero-order valence-corrected chi connectivity index (χ0v) is 12.0. The van der Waals surface area contributed by atoms with E-state index in [4.69, 9.17) is 0 Å². The van der Waals surface area contributed by atoms with E-state index in [0.29, 0.717) is 11.5 Å². The fraction of sp³-hybridized carbons (Fsp3) is 0.688. The predicted molar refractivity (Wildman–Crippen MR) is 76.5 cm³/mol. The molecule has 0 spiro atoms. The number of nitrogens with zero attached hydrogens (tertiary/aromatic N) is 1. The van der Waals surface area contributed by atoms with Crippen LogP contribution in [0.4, 0.5) is 0 Å². The number of aryl methyl sites for hydroxylation is 1. The van der Waals surface area contributed by atoms with Crippen molar-refractivity contribution in [2.75, 3.05) is 0 Å². The molecule has 1 saturated carbocycles. The Hall–Kier alpha value is -0.890. The number of aromatic nitrogens is 1. The molecule has 0 aromatic carbocycles. The minimum absolute atomic E-state index is 0.542. The van der Waals surface area contributed by atoms with E-state index >= 15 is 0 Å². The molecule has 100 valence electrons. The molecule has 0 aliphatic heterocycles. The highest BCUT2D eigenvalue weighted by molar-refractivity contribution is 5.21. The summed E-state index contributed by atoms with van der Waals surface area (Å²) in [5, 5.41) is 3.72. The average molecular weight is 246 g/mol. The summed E-state index contributed by atoms with van der Waals surface area (Å²) < 4.78 is 0. The zero-order valence-electron chi connectivity index (χ0n) is 12.0. The molecular formula is C16H26N2. The lowest BCUT2D eigenvalue weighted by Crippen LogP contribution is -2.28. The Morgan fingerprint density at radius 2 is 2.17 bits per heavy atom. The Labute approximate surface area is 111 Å². The van der Waals surface area contributed by atoms with Crippen LogP contribution in [0.1, 0.15) is 57.1 Å². The maximum absolute atomic E-state index is 4.21. The Balaban J connectivity index is 1.85. The molecule has 2 rings (SSSR count). The monoisotopic (exact) mass is 246 g/mol. The quantitative estimate of drug-likeness (QED) is 0.820. The molecule has 0 radical (unpaired) electrons. The highest BCUT2D eigenvalue weighted by Crippen LogP contribution is 2.33. The number of hydrogen-bond donors (Lipinski definition) is 1. The molecule has 1 heterocycles. The van der Waals surface area contributed by atoms with Crippen LogP contribution in [0.2, 0.25) is 0 Å². The molecule has 0 bridgehead atoms. The van der Waals surface area contributed by atoms with Crippen molar-refractivity contribution in [2.45, 2.75) is 65.5 Å². The van der Waals surface area contributed by atoms with Gasteiger partial charge in [0.1, 0.15) is 0 Å². The first kappa shape index (κ1) is 13.5. The van der Waals surface area contributed by atoms with Crippen LogP contribution in [0, 0.1) is 12.3 Å². The molecule has 1 aromatic rings. The summed E-state index contributed by atoms with van der Waals surface area (Å²) in [7, 11) is 0. The number of hydrogen-bond acceptors (Lipinski definition) is 2. The molecule has 0 saturated heterocycles. The average Bonchev–Trinajstić information content (AvgIpc) is 2.50. The molecule has 1 unspecified atom stereocenters. The lowest BCUT2D eigenvalue weighted by Gasteiger charge is -2.22. The predicted octanol–water partition coefficient (Wildman–Crippen LogP) is 3.84. The van der Waals surface area contributed by atoms with Gasteiger partial charge in [0.2, 0.25) is 0 Å². The zero-order chi connectivity index (χ0) is 13.0. The molecule has 1 aliphatic carbocycles. The summed E-state index contributed by atoms with van der Waals surface area (Å²) in [5.74, 6) is 0. The minimum Gasteiger partial charge on any atom is -0.310 e. The molecule has 2 nitrogen and oxygen atoms in total. The Kier molecular flexibility index (Phi) is 4.39. The number of pyridine rings is 1. The van der Waals surface area contributed by atoms with E-state index in [1.54, 1.807) is 0 Å². The van der Waals surface area contributed by atoms with Crippen molar-refractivity contribution in [1.82, 2.24) is 10.3 Å². The van der Waals surface area contributed by atoms with Gasteiger partial charge >= 0.3 is 0 Å². The molecule has 1 atom stereocenters. The van der Waals surface area contributed by atoms with Crippen molar-refractivity contribution in [1.29, 1.82) is 0 Å². The van der Waals surface area contributed by atoms with E-state index < -0.39 is 0 Å². The smallest absolute Gasteiger partial charge is 0.0315 e. The van der Waals surface area contributed by atoms with Crippen molar-refractivity contribution in [3.8, 4) is 0 Å². The summed E-state index contributed by atoms with van der Waals surface area (Å²) in [5.41, 5.74) is 3.22. The van der Waals surface area contributed by atoms with Crippen LogP contribution in [0.25, 0.3) is 0 Å². The topological polar surface area (TPSA) is 24.9 Å². The van der Waals surface area contributed by atoms with Gasteiger partial charge in [-0.05, 0) is 55.2 Å². The molecule has 1 fully saturated rings. The molecule has 1 aromatic heterocycles. The summed E-state index contributed by atoms with van der Waals surface area (Å²) in [6, 6.07) is 2.78. The second-order valence-corrected chi connectivity index (χ2v) is 6.48. The van der Waals surface area contributed by atoms with Gasteiger partial charge in [0, 0.05) is 25.0 Å². The van der Waals surface area contributed by atoms with Crippen molar-refractivity contribution in [3.63, 3.8) is 0 Å². The minimum atomic E-state index is 0.542. The third-order valence-electron chi connectivity index (χ3n) is 4.30. The van der Waals surface area contributed by atoms with Crippen LogP contribution in [0.3, 0.4) is 0 Å². The summed E-state index contributed by atoms with van der Waals surface area (Å²) >= 11 is 0. The van der Waals surface area contributed by atoms with Crippen LogP contribution < -0.4 is 5.32 Å². The standard InChI is InChI=1S/C16H26N2/c1-13-7-10-17-11-14(13)12-18-15-5-4-8-16(2,3)9-6-15/h7,10-11,15,18H,4-6,8-9,12H2,1-3H3. The van der Waals surface area contributed by atoms with Crippen LogP contribution in [-0.4, -0.2) is 11.0 Å². The third-order valence-corrected chi connectivity index (χ3v) is 4.30. The van der Waals surface area contributed by atoms with E-state index in [1.807, 2.05) is 12.4 Å². The first-order chi connectivity index (χ1) is 8.57. The third kappa shape index (κ3) is 3.81. The first-order valence-electron chi connectivity index (χ1n) is 7.20. The van der Waals surface area contributed by atoms with E-state index in [1.165, 1.54) is 43.2 Å². The SMILES string of the molecule is Cc1ccncc1CNC1CCCC(C)(C)CC1. The second-order valence-electron chi connectivity index (χ2n) is 6.48. The van der Waals surface area contributed by atoms with Crippen LogP contribution in [0.5, 0.6) is 0 Å². The Morgan fingerprint density at radius 3 is 2.94 bits per heavy atom. The maximum atomic E-state index is 4.21. The molecule has 2 heteroatoms. The van der Waals surface area contributed by atoms with E-state index in [-0.39, 0.29) is 0 Å². The van der Waals surface area contributed by atoms with Crippen molar-refractivity contribution in [2.24, 2.45) is 5.41 Å².